The summed E-state index contributed by atoms with van der Waals surface area (Å²) in [4.78, 5) is 25.6. The highest BCUT2D eigenvalue weighted by Gasteiger charge is 2.42. The molecule has 12 heteroatoms. The van der Waals surface area contributed by atoms with Crippen molar-refractivity contribution < 1.29 is 27.2 Å². The summed E-state index contributed by atoms with van der Waals surface area (Å²) >= 11 is 5.94. The molecule has 1 aromatic heterocycles. The van der Waals surface area contributed by atoms with Crippen molar-refractivity contribution in [3.63, 3.8) is 0 Å². The number of aromatic nitrogens is 3. The second-order valence-corrected chi connectivity index (χ2v) is 6.77. The van der Waals surface area contributed by atoms with E-state index < -0.39 is 41.7 Å². The number of hydrogen-bond donors (Lipinski definition) is 1. The lowest BCUT2D eigenvalue weighted by atomic mass is 10.2. The van der Waals surface area contributed by atoms with E-state index in [0.29, 0.717) is 4.68 Å². The zero-order valence-electron chi connectivity index (χ0n) is 15.8. The Balaban J connectivity index is 1.84. The van der Waals surface area contributed by atoms with Crippen LogP contribution in [0.1, 0.15) is 16.2 Å². The average Bonchev–Trinajstić information content (AvgIpc) is 3.15. The van der Waals surface area contributed by atoms with Crippen molar-refractivity contribution in [3.8, 4) is 5.69 Å². The number of carbonyl (C=O) groups excluding carboxylic acids is 2. The first-order valence-corrected chi connectivity index (χ1v) is 9.04. The molecule has 0 saturated carbocycles. The zero-order chi connectivity index (χ0) is 22.8. The maximum absolute atomic E-state index is 13.7. The van der Waals surface area contributed by atoms with Crippen LogP contribution in [0.2, 0.25) is 5.02 Å². The van der Waals surface area contributed by atoms with Gasteiger partial charge < -0.3 is 10.2 Å². The molecule has 0 aliphatic rings. The number of likely N-dealkylation sites (N-methyl/N-ethyl adjacent to an activating group) is 1. The monoisotopic (exact) mass is 455 g/mol. The van der Waals surface area contributed by atoms with Gasteiger partial charge in [0.2, 0.25) is 5.91 Å². The van der Waals surface area contributed by atoms with Gasteiger partial charge in [0.15, 0.2) is 11.4 Å². The van der Waals surface area contributed by atoms with Gasteiger partial charge >= 0.3 is 6.18 Å². The standard InChI is InChI=1S/C19H14ClF4N5O2/c1-28(10-15(30)25-14-5-3-2-4-13(14)20)18(31)16-17(19(22,23)24)29(27-26-16)12-8-6-11(21)7-9-12/h2-9H,10H2,1H3,(H,25,30). The number of rotatable bonds is 5. The van der Waals surface area contributed by atoms with Gasteiger partial charge in [-0.3, -0.25) is 9.59 Å². The largest absolute Gasteiger partial charge is 0.435 e. The Labute approximate surface area is 178 Å². The van der Waals surface area contributed by atoms with Gasteiger partial charge in [0.25, 0.3) is 5.91 Å². The van der Waals surface area contributed by atoms with Crippen molar-refractivity contribution in [1.29, 1.82) is 0 Å². The number of halogens is 5. The maximum Gasteiger partial charge on any atom is 0.435 e. The van der Waals surface area contributed by atoms with Crippen molar-refractivity contribution in [2.75, 3.05) is 18.9 Å². The average molecular weight is 456 g/mol. The topological polar surface area (TPSA) is 80.1 Å². The molecule has 0 radical (unpaired) electrons. The lowest BCUT2D eigenvalue weighted by Gasteiger charge is -2.17. The molecule has 0 aliphatic carbocycles. The zero-order valence-corrected chi connectivity index (χ0v) is 16.6. The van der Waals surface area contributed by atoms with Gasteiger partial charge in [-0.1, -0.05) is 28.9 Å². The molecule has 1 heterocycles. The molecule has 1 N–H and O–H groups in total. The van der Waals surface area contributed by atoms with Gasteiger partial charge in [-0.15, -0.1) is 5.10 Å². The number of alkyl halides is 3. The second-order valence-electron chi connectivity index (χ2n) is 6.36. The summed E-state index contributed by atoms with van der Waals surface area (Å²) in [5, 5.41) is 9.49. The molecule has 0 atom stereocenters. The Morgan fingerprint density at radius 2 is 1.77 bits per heavy atom. The maximum atomic E-state index is 13.7. The smallest absolute Gasteiger partial charge is 0.331 e. The van der Waals surface area contributed by atoms with Crippen molar-refractivity contribution in [3.05, 3.63) is 70.8 Å². The summed E-state index contributed by atoms with van der Waals surface area (Å²) in [7, 11) is 1.14. The molecule has 0 bridgehead atoms. The normalized spacial score (nSPS) is 11.3. The third kappa shape index (κ3) is 5.00. The van der Waals surface area contributed by atoms with E-state index in [-0.39, 0.29) is 16.4 Å². The molecule has 7 nitrogen and oxygen atoms in total. The summed E-state index contributed by atoms with van der Waals surface area (Å²) < 4.78 is 54.6. The first-order valence-electron chi connectivity index (χ1n) is 8.66. The minimum Gasteiger partial charge on any atom is -0.331 e. The Hall–Kier alpha value is -3.47. The molecule has 0 spiro atoms. The highest BCUT2D eigenvalue weighted by Crippen LogP contribution is 2.33. The Kier molecular flexibility index (Phi) is 6.25. The number of amides is 2. The molecular formula is C19H14ClF4N5O2. The summed E-state index contributed by atoms with van der Waals surface area (Å²) in [6.07, 6.45) is -5.00. The summed E-state index contributed by atoms with van der Waals surface area (Å²) in [6, 6.07) is 10.4. The highest BCUT2D eigenvalue weighted by atomic mass is 35.5. The van der Waals surface area contributed by atoms with E-state index in [9.17, 15) is 27.2 Å². The van der Waals surface area contributed by atoms with Crippen molar-refractivity contribution >= 4 is 29.1 Å². The number of para-hydroxylation sites is 1. The van der Waals surface area contributed by atoms with Crippen molar-refractivity contribution in [2.45, 2.75) is 6.18 Å². The van der Waals surface area contributed by atoms with Crippen molar-refractivity contribution in [2.24, 2.45) is 0 Å². The first kappa shape index (κ1) is 22.2. The van der Waals surface area contributed by atoms with Crippen LogP contribution in [-0.2, 0) is 11.0 Å². The SMILES string of the molecule is CN(CC(=O)Nc1ccccc1Cl)C(=O)c1nnn(-c2ccc(F)cc2)c1C(F)(F)F. The van der Waals surface area contributed by atoms with Crippen LogP contribution in [0, 0.1) is 5.82 Å². The first-order chi connectivity index (χ1) is 14.6. The number of hydrogen-bond acceptors (Lipinski definition) is 4. The fourth-order valence-corrected chi connectivity index (χ4v) is 2.85. The third-order valence-electron chi connectivity index (χ3n) is 4.09. The van der Waals surface area contributed by atoms with Crippen molar-refractivity contribution in [1.82, 2.24) is 19.9 Å². The van der Waals surface area contributed by atoms with Gasteiger partial charge in [0.1, 0.15) is 5.82 Å². The van der Waals surface area contributed by atoms with Gasteiger partial charge in [0.05, 0.1) is 22.9 Å². The van der Waals surface area contributed by atoms with E-state index >= 15 is 0 Å². The highest BCUT2D eigenvalue weighted by molar-refractivity contribution is 6.33. The molecular weight excluding hydrogens is 442 g/mol. The van der Waals surface area contributed by atoms with E-state index in [4.69, 9.17) is 11.6 Å². The van der Waals surface area contributed by atoms with Crippen LogP contribution in [0.25, 0.3) is 5.69 Å². The van der Waals surface area contributed by atoms with Crippen LogP contribution in [0.4, 0.5) is 23.2 Å². The number of carbonyl (C=O) groups is 2. The van der Waals surface area contributed by atoms with E-state index in [1.54, 1.807) is 12.1 Å². The predicted octanol–water partition coefficient (Wildman–Crippen LogP) is 3.79. The second kappa shape index (κ2) is 8.72. The van der Waals surface area contributed by atoms with Crippen LogP contribution < -0.4 is 5.32 Å². The lowest BCUT2D eigenvalue weighted by molar-refractivity contribution is -0.143. The summed E-state index contributed by atoms with van der Waals surface area (Å²) in [6.45, 7) is -0.565. The minimum absolute atomic E-state index is 0.139. The van der Waals surface area contributed by atoms with E-state index in [1.165, 1.54) is 12.1 Å². The number of nitrogens with one attached hydrogen (secondary N) is 1. The molecule has 31 heavy (non-hydrogen) atoms. The summed E-state index contributed by atoms with van der Waals surface area (Å²) in [5.74, 6) is -2.50. The van der Waals surface area contributed by atoms with E-state index in [0.717, 1.165) is 36.2 Å². The molecule has 162 valence electrons. The summed E-state index contributed by atoms with van der Waals surface area (Å²) in [5.41, 5.74) is -2.29. The van der Waals surface area contributed by atoms with Crippen LogP contribution in [-0.4, -0.2) is 45.3 Å². The Morgan fingerprint density at radius 3 is 2.39 bits per heavy atom. The Bertz CT molecular complexity index is 1120. The molecule has 0 unspecified atom stereocenters. The van der Waals surface area contributed by atoms with Gasteiger partial charge in [0, 0.05) is 7.05 Å². The van der Waals surface area contributed by atoms with E-state index in [1.807, 2.05) is 0 Å². The molecule has 3 aromatic rings. The molecule has 0 fully saturated rings. The molecule has 2 aromatic carbocycles. The molecule has 0 saturated heterocycles. The number of nitrogens with zero attached hydrogens (tertiary/aromatic N) is 4. The van der Waals surface area contributed by atoms with Crippen LogP contribution in [0.15, 0.2) is 48.5 Å². The van der Waals surface area contributed by atoms with Gasteiger partial charge in [-0.2, -0.15) is 13.2 Å². The predicted molar refractivity (Wildman–Crippen MR) is 103 cm³/mol. The fourth-order valence-electron chi connectivity index (χ4n) is 2.66. The number of anilines is 1. The van der Waals surface area contributed by atoms with Crippen LogP contribution in [0.3, 0.4) is 0 Å². The number of benzene rings is 2. The Morgan fingerprint density at radius 1 is 1.13 bits per heavy atom. The lowest BCUT2D eigenvalue weighted by Crippen LogP contribution is -2.36. The molecule has 0 aliphatic heterocycles. The van der Waals surface area contributed by atoms with Crippen LogP contribution >= 0.6 is 11.6 Å². The molecule has 2 amide bonds. The minimum atomic E-state index is -5.00. The quantitative estimate of drug-likeness (QED) is 0.594. The van der Waals surface area contributed by atoms with E-state index in [2.05, 4.69) is 15.6 Å². The fraction of sp³-hybridized carbons (Fsp3) is 0.158. The molecule has 3 rings (SSSR count). The third-order valence-corrected chi connectivity index (χ3v) is 4.42. The van der Waals surface area contributed by atoms with Gasteiger partial charge in [-0.05, 0) is 36.4 Å². The van der Waals surface area contributed by atoms with Gasteiger partial charge in [-0.25, -0.2) is 9.07 Å². The van der Waals surface area contributed by atoms with Crippen LogP contribution in [0.5, 0.6) is 0 Å².